The van der Waals surface area contributed by atoms with E-state index in [1.807, 2.05) is 26.0 Å². The number of anilines is 1. The van der Waals surface area contributed by atoms with Crippen molar-refractivity contribution in [2.45, 2.75) is 26.8 Å². The molecule has 6 nitrogen and oxygen atoms in total. The molecule has 1 aromatic carbocycles. The van der Waals surface area contributed by atoms with Gasteiger partial charge in [0.05, 0.1) is 18.8 Å². The molecule has 7 heteroatoms. The Hall–Kier alpha value is -2.28. The number of hydrogen-bond acceptors (Lipinski definition) is 6. The summed E-state index contributed by atoms with van der Waals surface area (Å²) < 4.78 is 6.43. The normalized spacial score (nSPS) is 12.2. The summed E-state index contributed by atoms with van der Waals surface area (Å²) in [7, 11) is 0. The summed E-state index contributed by atoms with van der Waals surface area (Å²) in [4.78, 5) is 17.5. The van der Waals surface area contributed by atoms with Crippen molar-refractivity contribution >= 4 is 32.8 Å². The molecule has 0 aliphatic carbocycles. The number of hydrogen-bond donors (Lipinski definition) is 1. The Kier molecular flexibility index (Phi) is 4.89. The second-order valence-corrected chi connectivity index (χ2v) is 6.28. The number of nitrogens with one attached hydrogen (secondary N) is 1. The average molecular weight is 388 g/mol. The molecule has 2 aromatic heterocycles. The van der Waals surface area contributed by atoms with Gasteiger partial charge in [-0.05, 0) is 38.5 Å². The van der Waals surface area contributed by atoms with E-state index in [-0.39, 0.29) is 6.04 Å². The molecule has 0 saturated carbocycles. The van der Waals surface area contributed by atoms with Gasteiger partial charge in [-0.2, -0.15) is 4.98 Å². The van der Waals surface area contributed by atoms with E-state index in [1.54, 1.807) is 6.20 Å². The van der Waals surface area contributed by atoms with Gasteiger partial charge in [0.25, 0.3) is 0 Å². The number of rotatable bonds is 5. The van der Waals surface area contributed by atoms with E-state index in [9.17, 15) is 0 Å². The highest BCUT2D eigenvalue weighted by Crippen LogP contribution is 2.25. The van der Waals surface area contributed by atoms with Crippen molar-refractivity contribution in [1.29, 1.82) is 0 Å². The van der Waals surface area contributed by atoms with Gasteiger partial charge in [0.15, 0.2) is 5.82 Å². The van der Waals surface area contributed by atoms with E-state index in [2.05, 4.69) is 60.2 Å². The van der Waals surface area contributed by atoms with Gasteiger partial charge in [-0.15, -0.1) is 0 Å². The van der Waals surface area contributed by atoms with Crippen LogP contribution in [0.1, 0.15) is 31.3 Å². The van der Waals surface area contributed by atoms with E-state index in [1.165, 1.54) is 0 Å². The molecule has 1 atom stereocenters. The Labute approximate surface area is 148 Å². The predicted molar refractivity (Wildman–Crippen MR) is 97.2 cm³/mol. The van der Waals surface area contributed by atoms with Crippen molar-refractivity contribution in [1.82, 2.24) is 19.9 Å². The van der Waals surface area contributed by atoms with Gasteiger partial charge in [0, 0.05) is 4.47 Å². The van der Waals surface area contributed by atoms with Crippen LogP contribution in [0.4, 0.5) is 5.82 Å². The summed E-state index contributed by atoms with van der Waals surface area (Å²) in [6.07, 6.45) is 1.66. The Morgan fingerprint density at radius 2 is 2.08 bits per heavy atom. The van der Waals surface area contributed by atoms with Gasteiger partial charge in [0.1, 0.15) is 16.9 Å². The molecule has 0 aliphatic rings. The lowest BCUT2D eigenvalue weighted by Gasteiger charge is -2.16. The van der Waals surface area contributed by atoms with Gasteiger partial charge in [0.2, 0.25) is 0 Å². The third-order valence-electron chi connectivity index (χ3n) is 3.50. The van der Waals surface area contributed by atoms with Crippen LogP contribution in [0, 0.1) is 6.92 Å². The molecule has 2 heterocycles. The molecule has 0 saturated heterocycles. The molecule has 0 radical (unpaired) electrons. The van der Waals surface area contributed by atoms with Crippen LogP contribution in [0.15, 0.2) is 34.9 Å². The quantitative estimate of drug-likeness (QED) is 0.711. The SMILES string of the molecule is CCOc1ncc2nc(C)nc(NC(C)c3cccc(Br)c3)c2n1. The number of aromatic nitrogens is 4. The number of ether oxygens (including phenoxy) is 1. The van der Waals surface area contributed by atoms with Gasteiger partial charge in [-0.3, -0.25) is 0 Å². The van der Waals surface area contributed by atoms with E-state index in [4.69, 9.17) is 4.74 Å². The van der Waals surface area contributed by atoms with Crippen molar-refractivity contribution in [2.75, 3.05) is 11.9 Å². The fraction of sp³-hybridized carbons (Fsp3) is 0.294. The molecule has 0 fully saturated rings. The van der Waals surface area contributed by atoms with Gasteiger partial charge in [-0.1, -0.05) is 28.1 Å². The zero-order valence-electron chi connectivity index (χ0n) is 13.7. The minimum absolute atomic E-state index is 0.0607. The number of fused-ring (bicyclic) bond motifs is 1. The minimum atomic E-state index is 0.0607. The highest BCUT2D eigenvalue weighted by Gasteiger charge is 2.13. The first-order valence-electron chi connectivity index (χ1n) is 7.73. The predicted octanol–water partition coefficient (Wildman–Crippen LogP) is 4.06. The Bertz CT molecular complexity index is 871. The zero-order chi connectivity index (χ0) is 17.1. The number of benzene rings is 1. The van der Waals surface area contributed by atoms with Gasteiger partial charge in [-0.25, -0.2) is 15.0 Å². The maximum atomic E-state index is 5.39. The van der Waals surface area contributed by atoms with Gasteiger partial charge < -0.3 is 10.1 Å². The van der Waals surface area contributed by atoms with E-state index in [0.717, 1.165) is 10.0 Å². The van der Waals surface area contributed by atoms with Crippen molar-refractivity contribution in [2.24, 2.45) is 0 Å². The maximum Gasteiger partial charge on any atom is 0.317 e. The largest absolute Gasteiger partial charge is 0.464 e. The van der Waals surface area contributed by atoms with Crippen LogP contribution < -0.4 is 10.1 Å². The molecular weight excluding hydrogens is 370 g/mol. The molecule has 0 spiro atoms. The Balaban J connectivity index is 1.99. The van der Waals surface area contributed by atoms with Crippen molar-refractivity contribution in [3.8, 4) is 6.01 Å². The summed E-state index contributed by atoms with van der Waals surface area (Å²) >= 11 is 3.50. The summed E-state index contributed by atoms with van der Waals surface area (Å²) in [5.41, 5.74) is 2.49. The smallest absolute Gasteiger partial charge is 0.317 e. The second-order valence-electron chi connectivity index (χ2n) is 5.36. The van der Waals surface area contributed by atoms with Crippen LogP contribution >= 0.6 is 15.9 Å². The zero-order valence-corrected chi connectivity index (χ0v) is 15.3. The summed E-state index contributed by atoms with van der Waals surface area (Å²) in [5, 5.41) is 3.42. The number of nitrogens with zero attached hydrogens (tertiary/aromatic N) is 4. The fourth-order valence-corrected chi connectivity index (χ4v) is 2.81. The molecule has 0 bridgehead atoms. The molecule has 1 unspecified atom stereocenters. The summed E-state index contributed by atoms with van der Waals surface area (Å²) in [6.45, 7) is 6.34. The highest BCUT2D eigenvalue weighted by atomic mass is 79.9. The summed E-state index contributed by atoms with van der Waals surface area (Å²) in [5.74, 6) is 1.34. The molecule has 3 rings (SSSR count). The second kappa shape index (κ2) is 7.09. The Morgan fingerprint density at radius 1 is 1.25 bits per heavy atom. The van der Waals surface area contributed by atoms with Crippen LogP contribution in [0.2, 0.25) is 0 Å². The third kappa shape index (κ3) is 3.62. The first kappa shape index (κ1) is 16.6. The molecule has 1 N–H and O–H groups in total. The van der Waals surface area contributed by atoms with Gasteiger partial charge >= 0.3 is 6.01 Å². The lowest BCUT2D eigenvalue weighted by molar-refractivity contribution is 0.314. The lowest BCUT2D eigenvalue weighted by Crippen LogP contribution is -2.10. The van der Waals surface area contributed by atoms with Crippen LogP contribution in [-0.4, -0.2) is 26.5 Å². The molecule has 0 amide bonds. The standard InChI is InChI=1S/C17H18BrN5O/c1-4-24-17-19-9-14-15(23-17)16(22-11(3)21-14)20-10(2)12-6-5-7-13(18)8-12/h5-10H,4H2,1-3H3,(H,20,21,22). The van der Waals surface area contributed by atoms with Crippen LogP contribution in [0.5, 0.6) is 6.01 Å². The third-order valence-corrected chi connectivity index (χ3v) is 4.00. The molecule has 3 aromatic rings. The van der Waals surface area contributed by atoms with Crippen LogP contribution in [-0.2, 0) is 0 Å². The highest BCUT2D eigenvalue weighted by molar-refractivity contribution is 9.10. The van der Waals surface area contributed by atoms with Crippen molar-refractivity contribution in [3.63, 3.8) is 0 Å². The molecular formula is C17H18BrN5O. The van der Waals surface area contributed by atoms with E-state index < -0.39 is 0 Å². The van der Waals surface area contributed by atoms with Crippen LogP contribution in [0.25, 0.3) is 11.0 Å². The fourth-order valence-electron chi connectivity index (χ4n) is 2.39. The monoisotopic (exact) mass is 387 g/mol. The Morgan fingerprint density at radius 3 is 2.83 bits per heavy atom. The maximum absolute atomic E-state index is 5.39. The first-order valence-corrected chi connectivity index (χ1v) is 8.52. The lowest BCUT2D eigenvalue weighted by atomic mass is 10.1. The topological polar surface area (TPSA) is 72.8 Å². The van der Waals surface area contributed by atoms with Crippen LogP contribution in [0.3, 0.4) is 0 Å². The van der Waals surface area contributed by atoms with Crippen molar-refractivity contribution < 1.29 is 4.74 Å². The molecule has 0 aliphatic heterocycles. The number of aryl methyl sites for hydroxylation is 1. The molecule has 124 valence electrons. The van der Waals surface area contributed by atoms with E-state index >= 15 is 0 Å². The van der Waals surface area contributed by atoms with E-state index in [0.29, 0.717) is 35.3 Å². The molecule has 24 heavy (non-hydrogen) atoms. The summed E-state index contributed by atoms with van der Waals surface area (Å²) in [6, 6.07) is 8.55. The average Bonchev–Trinajstić information content (AvgIpc) is 2.55. The van der Waals surface area contributed by atoms with Crippen molar-refractivity contribution in [3.05, 3.63) is 46.3 Å². The first-order chi connectivity index (χ1) is 11.6. The number of halogens is 1. The minimum Gasteiger partial charge on any atom is -0.464 e.